The van der Waals surface area contributed by atoms with E-state index in [1.54, 1.807) is 6.20 Å². The van der Waals surface area contributed by atoms with Gasteiger partial charge in [-0.25, -0.2) is 9.97 Å². The van der Waals surface area contributed by atoms with Gasteiger partial charge in [0.15, 0.2) is 0 Å². The van der Waals surface area contributed by atoms with Crippen LogP contribution < -0.4 is 9.64 Å². The molecule has 0 aromatic carbocycles. The zero-order chi connectivity index (χ0) is 18.2. The maximum absolute atomic E-state index is 6.28. The molecule has 27 heavy (non-hydrogen) atoms. The quantitative estimate of drug-likeness (QED) is 0.708. The van der Waals surface area contributed by atoms with E-state index in [1.807, 2.05) is 30.1 Å². The molecule has 0 atom stereocenters. The van der Waals surface area contributed by atoms with Crippen molar-refractivity contribution in [2.75, 3.05) is 31.2 Å². The molecule has 0 aliphatic carbocycles. The fourth-order valence-corrected chi connectivity index (χ4v) is 3.71. The van der Waals surface area contributed by atoms with E-state index in [1.165, 1.54) is 6.42 Å². The number of hydrogen-bond donors (Lipinski definition) is 0. The van der Waals surface area contributed by atoms with Crippen LogP contribution in [0.5, 0.6) is 5.88 Å². The highest BCUT2D eigenvalue weighted by Crippen LogP contribution is 2.35. The van der Waals surface area contributed by atoms with Crippen LogP contribution in [-0.2, 0) is 11.8 Å². The largest absolute Gasteiger partial charge is 0.474 e. The number of pyridine rings is 2. The molecule has 5 heterocycles. The number of aryl methyl sites for hydroxylation is 1. The molecule has 3 aromatic rings. The molecular formula is C20H23N5O2. The minimum Gasteiger partial charge on any atom is -0.474 e. The average molecular weight is 365 g/mol. The van der Waals surface area contributed by atoms with Crippen molar-refractivity contribution < 1.29 is 9.47 Å². The van der Waals surface area contributed by atoms with E-state index >= 15 is 0 Å². The average Bonchev–Trinajstić information content (AvgIpc) is 3.00. The van der Waals surface area contributed by atoms with Gasteiger partial charge in [0.1, 0.15) is 17.6 Å². The van der Waals surface area contributed by atoms with Gasteiger partial charge >= 0.3 is 0 Å². The van der Waals surface area contributed by atoms with Crippen LogP contribution in [0.4, 0.5) is 5.82 Å². The summed E-state index contributed by atoms with van der Waals surface area (Å²) < 4.78 is 13.6. The van der Waals surface area contributed by atoms with Crippen molar-refractivity contribution in [3.63, 3.8) is 0 Å². The summed E-state index contributed by atoms with van der Waals surface area (Å²) in [6.07, 6.45) is 6.80. The summed E-state index contributed by atoms with van der Waals surface area (Å²) in [6, 6.07) is 6.11. The number of rotatable bonds is 4. The van der Waals surface area contributed by atoms with Gasteiger partial charge in [0.05, 0.1) is 24.1 Å². The Bertz CT molecular complexity index is 960. The van der Waals surface area contributed by atoms with E-state index in [0.29, 0.717) is 5.88 Å². The third-order valence-corrected chi connectivity index (χ3v) is 5.38. The molecule has 0 amide bonds. The van der Waals surface area contributed by atoms with Crippen LogP contribution in [0.3, 0.4) is 0 Å². The van der Waals surface area contributed by atoms with E-state index in [9.17, 15) is 0 Å². The SMILES string of the molecule is Cn1nc(-c2ccnc(N3CCC3)c2)c2c(OC3CCOCC3)nccc21. The third kappa shape index (κ3) is 3.02. The van der Waals surface area contributed by atoms with Gasteiger partial charge < -0.3 is 14.4 Å². The number of nitrogens with zero attached hydrogens (tertiary/aromatic N) is 5. The Balaban J connectivity index is 1.57. The zero-order valence-corrected chi connectivity index (χ0v) is 15.5. The van der Waals surface area contributed by atoms with Gasteiger partial charge in [0, 0.05) is 50.9 Å². The second-order valence-corrected chi connectivity index (χ2v) is 7.16. The Morgan fingerprint density at radius 1 is 1.11 bits per heavy atom. The van der Waals surface area contributed by atoms with Gasteiger partial charge in [-0.3, -0.25) is 4.68 Å². The molecule has 2 aliphatic rings. The van der Waals surface area contributed by atoms with Crippen molar-refractivity contribution in [3.05, 3.63) is 30.6 Å². The molecular weight excluding hydrogens is 342 g/mol. The van der Waals surface area contributed by atoms with E-state index in [4.69, 9.17) is 14.6 Å². The Kier molecular flexibility index (Phi) is 4.16. The lowest BCUT2D eigenvalue weighted by Gasteiger charge is -2.32. The number of anilines is 1. The molecule has 3 aromatic heterocycles. The van der Waals surface area contributed by atoms with Crippen molar-refractivity contribution in [1.29, 1.82) is 0 Å². The normalized spacial score (nSPS) is 17.9. The number of fused-ring (bicyclic) bond motifs is 1. The van der Waals surface area contributed by atoms with Crippen molar-refractivity contribution in [2.24, 2.45) is 7.05 Å². The molecule has 0 bridgehead atoms. The Hall–Kier alpha value is -2.67. The molecule has 0 radical (unpaired) electrons. The lowest BCUT2D eigenvalue weighted by molar-refractivity contribution is 0.0244. The number of ether oxygens (including phenoxy) is 2. The first-order chi connectivity index (χ1) is 13.3. The van der Waals surface area contributed by atoms with E-state index in [2.05, 4.69) is 20.9 Å². The summed E-state index contributed by atoms with van der Waals surface area (Å²) >= 11 is 0. The topological polar surface area (TPSA) is 65.3 Å². The van der Waals surface area contributed by atoms with Gasteiger partial charge in [0.2, 0.25) is 5.88 Å². The van der Waals surface area contributed by atoms with Crippen molar-refractivity contribution in [1.82, 2.24) is 19.7 Å². The van der Waals surface area contributed by atoms with Crippen LogP contribution in [0.25, 0.3) is 22.2 Å². The Morgan fingerprint density at radius 3 is 2.70 bits per heavy atom. The highest BCUT2D eigenvalue weighted by Gasteiger charge is 2.22. The first-order valence-electron chi connectivity index (χ1n) is 9.57. The number of hydrogen-bond acceptors (Lipinski definition) is 6. The summed E-state index contributed by atoms with van der Waals surface area (Å²) in [6.45, 7) is 3.62. The molecule has 2 fully saturated rings. The van der Waals surface area contributed by atoms with Crippen LogP contribution >= 0.6 is 0 Å². The minimum absolute atomic E-state index is 0.138. The lowest BCUT2D eigenvalue weighted by atomic mass is 10.1. The summed E-state index contributed by atoms with van der Waals surface area (Å²) in [5, 5.41) is 5.75. The standard InChI is InChI=1S/C20H23N5O2/c1-24-16-4-8-22-20(27-15-5-11-26-12-6-15)18(16)19(23-24)14-3-7-21-17(13-14)25-9-2-10-25/h3-4,7-8,13,15H,2,5-6,9-12H2,1H3. The molecule has 0 N–H and O–H groups in total. The molecule has 0 saturated carbocycles. The van der Waals surface area contributed by atoms with E-state index in [0.717, 1.165) is 67.1 Å². The monoisotopic (exact) mass is 365 g/mol. The molecule has 0 unspecified atom stereocenters. The second kappa shape index (κ2) is 6.81. The summed E-state index contributed by atoms with van der Waals surface area (Å²) in [5.41, 5.74) is 2.96. The lowest BCUT2D eigenvalue weighted by Crippen LogP contribution is -2.37. The molecule has 2 aliphatic heterocycles. The van der Waals surface area contributed by atoms with Gasteiger partial charge in [-0.2, -0.15) is 5.10 Å². The maximum Gasteiger partial charge on any atom is 0.225 e. The van der Waals surface area contributed by atoms with Gasteiger partial charge in [-0.1, -0.05) is 0 Å². The summed E-state index contributed by atoms with van der Waals surface area (Å²) in [4.78, 5) is 11.3. The van der Waals surface area contributed by atoms with Gasteiger partial charge in [0.25, 0.3) is 0 Å². The predicted octanol–water partition coefficient (Wildman–Crippen LogP) is 2.80. The predicted molar refractivity (Wildman–Crippen MR) is 103 cm³/mol. The maximum atomic E-state index is 6.28. The van der Waals surface area contributed by atoms with Crippen molar-refractivity contribution in [3.8, 4) is 17.1 Å². The van der Waals surface area contributed by atoms with Crippen LogP contribution in [0.1, 0.15) is 19.3 Å². The van der Waals surface area contributed by atoms with Crippen LogP contribution in [-0.4, -0.2) is 52.2 Å². The van der Waals surface area contributed by atoms with Crippen molar-refractivity contribution in [2.45, 2.75) is 25.4 Å². The molecule has 2 saturated heterocycles. The highest BCUT2D eigenvalue weighted by molar-refractivity contribution is 5.97. The van der Waals surface area contributed by atoms with Gasteiger partial charge in [-0.05, 0) is 24.6 Å². The molecule has 7 nitrogen and oxygen atoms in total. The fraction of sp³-hybridized carbons (Fsp3) is 0.450. The Labute approximate surface area is 157 Å². The molecule has 0 spiro atoms. The summed E-state index contributed by atoms with van der Waals surface area (Å²) in [5.74, 6) is 1.66. The second-order valence-electron chi connectivity index (χ2n) is 7.16. The first-order valence-corrected chi connectivity index (χ1v) is 9.57. The first kappa shape index (κ1) is 16.5. The summed E-state index contributed by atoms with van der Waals surface area (Å²) in [7, 11) is 1.96. The van der Waals surface area contributed by atoms with Crippen LogP contribution in [0.2, 0.25) is 0 Å². The van der Waals surface area contributed by atoms with E-state index < -0.39 is 0 Å². The van der Waals surface area contributed by atoms with E-state index in [-0.39, 0.29) is 6.10 Å². The molecule has 5 rings (SSSR count). The fourth-order valence-electron chi connectivity index (χ4n) is 3.71. The molecule has 7 heteroatoms. The number of aromatic nitrogens is 4. The smallest absolute Gasteiger partial charge is 0.225 e. The Morgan fingerprint density at radius 2 is 1.93 bits per heavy atom. The van der Waals surface area contributed by atoms with Gasteiger partial charge in [-0.15, -0.1) is 0 Å². The zero-order valence-electron chi connectivity index (χ0n) is 15.5. The minimum atomic E-state index is 0.138. The third-order valence-electron chi connectivity index (χ3n) is 5.38. The van der Waals surface area contributed by atoms with Crippen molar-refractivity contribution >= 4 is 16.7 Å². The highest BCUT2D eigenvalue weighted by atomic mass is 16.5. The van der Waals surface area contributed by atoms with Crippen LogP contribution in [0, 0.1) is 0 Å². The van der Waals surface area contributed by atoms with Crippen LogP contribution in [0.15, 0.2) is 30.6 Å². The molecule has 140 valence electrons.